The van der Waals surface area contributed by atoms with Gasteiger partial charge in [-0.25, -0.2) is 0 Å². The Hall–Kier alpha value is -3.67. The van der Waals surface area contributed by atoms with E-state index >= 15 is 0 Å². The van der Waals surface area contributed by atoms with E-state index in [1.807, 2.05) is 6.08 Å². The molecule has 0 saturated carbocycles. The summed E-state index contributed by atoms with van der Waals surface area (Å²) in [7, 11) is 0. The Labute approximate surface area is 502 Å². The zero-order chi connectivity index (χ0) is 58.5. The van der Waals surface area contributed by atoms with E-state index < -0.39 is 6.10 Å². The van der Waals surface area contributed by atoms with Crippen molar-refractivity contribution < 1.29 is 28.6 Å². The summed E-state index contributed by atoms with van der Waals surface area (Å²) < 4.78 is 16.9. The molecule has 0 spiro atoms. The Kier molecular flexibility index (Phi) is 65.7. The fourth-order valence-electron chi connectivity index (χ4n) is 9.87. The lowest BCUT2D eigenvalue weighted by atomic mass is 10.0. The SMILES string of the molecule is CC/C=C\C/C=C\C/C=C\C/C=C\CCC(=O)OCC(COC(=O)CCCCCCCCCCCCCCCCCCCCC/C=C\C/C=C\CCCCCCC)OC(=O)CCCCCCCCCCC/C=C\C/C=C\CCCCC. The molecule has 0 heterocycles. The molecule has 6 nitrogen and oxygen atoms in total. The zero-order valence-electron chi connectivity index (χ0n) is 53.5. The number of hydrogen-bond donors (Lipinski definition) is 0. The van der Waals surface area contributed by atoms with Gasteiger partial charge in [0.1, 0.15) is 13.2 Å². The molecule has 0 fully saturated rings. The summed E-state index contributed by atoms with van der Waals surface area (Å²) in [5.41, 5.74) is 0. The van der Waals surface area contributed by atoms with Gasteiger partial charge in [-0.2, -0.15) is 0 Å². The standard InChI is InChI=1S/C75H130O6/c1-4-7-10-13-16-19-22-25-27-29-31-32-33-34-35-36-37-38-39-40-41-42-44-45-47-50-53-56-59-62-65-68-74(77)80-71-72(70-79-73(76)67-64-61-58-55-52-49-24-21-18-15-12-9-6-3)81-75(78)69-66-63-60-57-54-51-48-46-43-30-28-26-23-20-17-14-11-8-5-2/h9,12,17-18,20-22,25-26,28-29,31,49,52,58,61,72H,4-8,10-11,13-16,19,23-24,27,30,32-48,50-51,53-57,59-60,62-71H2,1-3H3/b12-9-,20-17-,21-18-,25-22-,28-26-,31-29-,52-49-,61-58-. The van der Waals surface area contributed by atoms with Gasteiger partial charge in [-0.3, -0.25) is 14.4 Å². The van der Waals surface area contributed by atoms with Gasteiger partial charge >= 0.3 is 17.9 Å². The summed E-state index contributed by atoms with van der Waals surface area (Å²) >= 11 is 0. The van der Waals surface area contributed by atoms with Crippen molar-refractivity contribution >= 4 is 17.9 Å². The molecule has 0 rings (SSSR count). The van der Waals surface area contributed by atoms with Crippen LogP contribution in [0.1, 0.15) is 342 Å². The number of allylic oxidation sites excluding steroid dienone is 16. The van der Waals surface area contributed by atoms with Crippen molar-refractivity contribution in [1.29, 1.82) is 0 Å². The van der Waals surface area contributed by atoms with Crippen LogP contribution in [-0.4, -0.2) is 37.2 Å². The number of rotatable bonds is 63. The molecule has 0 aromatic heterocycles. The molecule has 0 aliphatic carbocycles. The first-order valence-electron chi connectivity index (χ1n) is 34.7. The third-order valence-corrected chi connectivity index (χ3v) is 15.1. The highest BCUT2D eigenvalue weighted by Gasteiger charge is 2.19. The molecular formula is C75H130O6. The number of unbranched alkanes of at least 4 members (excludes halogenated alkanes) is 36. The monoisotopic (exact) mass is 1130 g/mol. The summed E-state index contributed by atoms with van der Waals surface area (Å²) in [5.74, 6) is -0.975. The van der Waals surface area contributed by atoms with E-state index in [1.54, 1.807) is 0 Å². The second-order valence-electron chi connectivity index (χ2n) is 23.1. The predicted molar refractivity (Wildman–Crippen MR) is 353 cm³/mol. The fraction of sp³-hybridized carbons (Fsp3) is 0.747. The summed E-state index contributed by atoms with van der Waals surface area (Å²) in [6.45, 7) is 6.46. The maximum atomic E-state index is 12.9. The molecule has 466 valence electrons. The van der Waals surface area contributed by atoms with Gasteiger partial charge in [-0.1, -0.05) is 311 Å². The summed E-state index contributed by atoms with van der Waals surface area (Å²) in [5, 5.41) is 0. The molecule has 1 atom stereocenters. The Morgan fingerprint density at radius 1 is 0.259 bits per heavy atom. The third kappa shape index (κ3) is 67.0. The largest absolute Gasteiger partial charge is 0.462 e. The smallest absolute Gasteiger partial charge is 0.306 e. The van der Waals surface area contributed by atoms with Crippen molar-refractivity contribution in [1.82, 2.24) is 0 Å². The van der Waals surface area contributed by atoms with Gasteiger partial charge in [0, 0.05) is 19.3 Å². The molecule has 0 bridgehead atoms. The first kappa shape index (κ1) is 77.3. The summed E-state index contributed by atoms with van der Waals surface area (Å²) in [4.78, 5) is 38.3. The fourth-order valence-corrected chi connectivity index (χ4v) is 9.87. The molecule has 0 saturated heterocycles. The molecule has 6 heteroatoms. The van der Waals surface area contributed by atoms with Crippen molar-refractivity contribution in [3.05, 3.63) is 97.2 Å². The average molecular weight is 1130 g/mol. The molecule has 0 aromatic carbocycles. The van der Waals surface area contributed by atoms with Gasteiger partial charge in [0.25, 0.3) is 0 Å². The van der Waals surface area contributed by atoms with Crippen molar-refractivity contribution in [3.8, 4) is 0 Å². The van der Waals surface area contributed by atoms with Crippen LogP contribution < -0.4 is 0 Å². The minimum absolute atomic E-state index is 0.0988. The van der Waals surface area contributed by atoms with E-state index in [2.05, 4.69) is 112 Å². The average Bonchev–Trinajstić information content (AvgIpc) is 3.46. The minimum atomic E-state index is -0.809. The molecule has 0 radical (unpaired) electrons. The van der Waals surface area contributed by atoms with Crippen LogP contribution in [-0.2, 0) is 28.6 Å². The molecule has 0 aliphatic rings. The molecule has 1 unspecified atom stereocenters. The van der Waals surface area contributed by atoms with Crippen LogP contribution in [0.4, 0.5) is 0 Å². The Morgan fingerprint density at radius 3 is 0.852 bits per heavy atom. The number of carbonyl (C=O) groups is 3. The van der Waals surface area contributed by atoms with Gasteiger partial charge in [0.15, 0.2) is 6.10 Å². The number of esters is 3. The third-order valence-electron chi connectivity index (χ3n) is 15.1. The highest BCUT2D eigenvalue weighted by atomic mass is 16.6. The minimum Gasteiger partial charge on any atom is -0.462 e. The molecule has 0 amide bonds. The van der Waals surface area contributed by atoms with Gasteiger partial charge < -0.3 is 14.2 Å². The van der Waals surface area contributed by atoms with E-state index in [-0.39, 0.29) is 37.5 Å². The van der Waals surface area contributed by atoms with Crippen LogP contribution in [0.15, 0.2) is 97.2 Å². The van der Waals surface area contributed by atoms with Crippen LogP contribution >= 0.6 is 0 Å². The van der Waals surface area contributed by atoms with E-state index in [9.17, 15) is 14.4 Å². The quantitative estimate of drug-likeness (QED) is 0.0261. The van der Waals surface area contributed by atoms with Crippen LogP contribution in [0.2, 0.25) is 0 Å². The van der Waals surface area contributed by atoms with Gasteiger partial charge in [0.05, 0.1) is 0 Å². The van der Waals surface area contributed by atoms with Crippen molar-refractivity contribution in [2.45, 2.75) is 348 Å². The van der Waals surface area contributed by atoms with E-state index in [0.29, 0.717) is 19.3 Å². The van der Waals surface area contributed by atoms with Gasteiger partial charge in [0.2, 0.25) is 0 Å². The molecule has 0 aliphatic heterocycles. The normalized spacial score (nSPS) is 12.7. The summed E-state index contributed by atoms with van der Waals surface area (Å²) in [6.07, 6.45) is 93.2. The highest BCUT2D eigenvalue weighted by molar-refractivity contribution is 5.71. The van der Waals surface area contributed by atoms with Crippen molar-refractivity contribution in [3.63, 3.8) is 0 Å². The molecular weight excluding hydrogens is 997 g/mol. The van der Waals surface area contributed by atoms with E-state index in [4.69, 9.17) is 14.2 Å². The number of carbonyl (C=O) groups excluding carboxylic acids is 3. The van der Waals surface area contributed by atoms with Crippen molar-refractivity contribution in [2.24, 2.45) is 0 Å². The van der Waals surface area contributed by atoms with E-state index in [0.717, 1.165) is 77.0 Å². The number of ether oxygens (including phenoxy) is 3. The highest BCUT2D eigenvalue weighted by Crippen LogP contribution is 2.17. The van der Waals surface area contributed by atoms with E-state index in [1.165, 1.54) is 218 Å². The molecule has 0 N–H and O–H groups in total. The van der Waals surface area contributed by atoms with Crippen LogP contribution in [0.5, 0.6) is 0 Å². The topological polar surface area (TPSA) is 78.9 Å². The Morgan fingerprint density at radius 2 is 0.506 bits per heavy atom. The molecule has 0 aromatic rings. The Balaban J connectivity index is 4.23. The Bertz CT molecular complexity index is 1580. The van der Waals surface area contributed by atoms with Gasteiger partial charge in [-0.15, -0.1) is 0 Å². The van der Waals surface area contributed by atoms with Crippen LogP contribution in [0, 0.1) is 0 Å². The lowest BCUT2D eigenvalue weighted by molar-refractivity contribution is -0.166. The second-order valence-corrected chi connectivity index (χ2v) is 23.1. The molecule has 81 heavy (non-hydrogen) atoms. The predicted octanol–water partition coefficient (Wildman–Crippen LogP) is 24.0. The van der Waals surface area contributed by atoms with Gasteiger partial charge in [-0.05, 0) is 109 Å². The van der Waals surface area contributed by atoms with Crippen LogP contribution in [0.3, 0.4) is 0 Å². The maximum Gasteiger partial charge on any atom is 0.306 e. The van der Waals surface area contributed by atoms with Crippen molar-refractivity contribution in [2.75, 3.05) is 13.2 Å². The first-order chi connectivity index (χ1) is 40.0. The first-order valence-corrected chi connectivity index (χ1v) is 34.7. The lowest BCUT2D eigenvalue weighted by Gasteiger charge is -2.18. The summed E-state index contributed by atoms with van der Waals surface area (Å²) in [6, 6.07) is 0. The zero-order valence-corrected chi connectivity index (χ0v) is 53.5. The second kappa shape index (κ2) is 68.8. The van der Waals surface area contributed by atoms with Crippen LogP contribution in [0.25, 0.3) is 0 Å². The lowest BCUT2D eigenvalue weighted by Crippen LogP contribution is -2.30. The maximum absolute atomic E-state index is 12.9. The number of hydrogen-bond acceptors (Lipinski definition) is 6.